The maximum Gasteiger partial charge on any atom is 0.326 e. The summed E-state index contributed by atoms with van der Waals surface area (Å²) in [7, 11) is 0. The Labute approximate surface area is 138 Å². The van der Waals surface area contributed by atoms with E-state index in [1.165, 1.54) is 37.0 Å². The van der Waals surface area contributed by atoms with Crippen LogP contribution >= 0.6 is 0 Å². The minimum Gasteiger partial charge on any atom is -0.480 e. The first-order valence-electron chi connectivity index (χ1n) is 9.12. The van der Waals surface area contributed by atoms with Gasteiger partial charge in [0.05, 0.1) is 0 Å². The first kappa shape index (κ1) is 18.0. The topological polar surface area (TPSA) is 74.7 Å². The summed E-state index contributed by atoms with van der Waals surface area (Å²) < 4.78 is 0. The van der Waals surface area contributed by atoms with Crippen molar-refractivity contribution < 1.29 is 19.5 Å². The van der Waals surface area contributed by atoms with E-state index in [-0.39, 0.29) is 11.7 Å². The fraction of sp³-hybridized carbons (Fsp3) is 0.833. The highest BCUT2D eigenvalue weighted by Crippen LogP contribution is 2.30. The van der Waals surface area contributed by atoms with Crippen molar-refractivity contribution in [2.45, 2.75) is 77.2 Å². The molecular weight excluding hydrogens is 294 g/mol. The number of carbonyl (C=O) groups is 3. The number of aliphatic carboxylic acids is 1. The van der Waals surface area contributed by atoms with E-state index in [4.69, 9.17) is 0 Å². The molecule has 1 aliphatic heterocycles. The highest BCUT2D eigenvalue weighted by Gasteiger charge is 2.38. The zero-order valence-electron chi connectivity index (χ0n) is 14.1. The molecule has 0 aromatic heterocycles. The van der Waals surface area contributed by atoms with Crippen molar-refractivity contribution in [2.24, 2.45) is 11.8 Å². The van der Waals surface area contributed by atoms with Crippen LogP contribution in [0.15, 0.2) is 0 Å². The summed E-state index contributed by atoms with van der Waals surface area (Å²) in [6, 6.07) is -0.817. The molecule has 2 atom stereocenters. The summed E-state index contributed by atoms with van der Waals surface area (Å²) in [5, 5.41) is 9.18. The Morgan fingerprint density at radius 2 is 1.78 bits per heavy atom. The van der Waals surface area contributed by atoms with Crippen molar-refractivity contribution in [1.82, 2.24) is 4.90 Å². The lowest BCUT2D eigenvalue weighted by Crippen LogP contribution is -2.45. The molecular formula is C18H29NO4. The van der Waals surface area contributed by atoms with E-state index in [0.717, 1.165) is 12.8 Å². The van der Waals surface area contributed by atoms with Crippen molar-refractivity contribution in [1.29, 1.82) is 0 Å². The van der Waals surface area contributed by atoms with E-state index in [1.807, 2.05) is 6.92 Å². The third-order valence-corrected chi connectivity index (χ3v) is 5.52. The third kappa shape index (κ3) is 4.55. The summed E-state index contributed by atoms with van der Waals surface area (Å²) >= 11 is 0. The minimum absolute atomic E-state index is 0.250. The number of carboxylic acid groups (broad SMARTS) is 1. The number of rotatable bonds is 7. The maximum absolute atomic E-state index is 12.5. The molecule has 0 spiro atoms. The van der Waals surface area contributed by atoms with Gasteiger partial charge in [0.1, 0.15) is 6.04 Å². The second-order valence-corrected chi connectivity index (χ2v) is 7.05. The Morgan fingerprint density at radius 1 is 1.09 bits per heavy atom. The molecule has 2 fully saturated rings. The number of amides is 1. The molecule has 0 aromatic rings. The lowest BCUT2D eigenvalue weighted by molar-refractivity contribution is -0.153. The number of nitrogens with zero attached hydrogens (tertiary/aromatic N) is 1. The molecule has 2 rings (SSSR count). The molecule has 130 valence electrons. The van der Waals surface area contributed by atoms with E-state index in [0.29, 0.717) is 31.7 Å². The highest BCUT2D eigenvalue weighted by molar-refractivity contribution is 6.37. The monoisotopic (exact) mass is 323 g/mol. The molecule has 1 saturated carbocycles. The Balaban J connectivity index is 1.90. The predicted octanol–water partition coefficient (Wildman–Crippen LogP) is 3.02. The van der Waals surface area contributed by atoms with Gasteiger partial charge in [-0.2, -0.15) is 0 Å². The van der Waals surface area contributed by atoms with E-state index in [2.05, 4.69) is 0 Å². The Kier molecular flexibility index (Phi) is 6.60. The molecule has 1 saturated heterocycles. The number of likely N-dealkylation sites (tertiary alicyclic amines) is 1. The van der Waals surface area contributed by atoms with Crippen LogP contribution in [0.1, 0.15) is 71.1 Å². The molecule has 1 unspecified atom stereocenters. The zero-order chi connectivity index (χ0) is 16.8. The Morgan fingerprint density at radius 3 is 2.39 bits per heavy atom. The van der Waals surface area contributed by atoms with Gasteiger partial charge in [-0.3, -0.25) is 9.59 Å². The SMILES string of the molecule is CCC(CCC1CCCCC1)C(=O)C(=O)N1CCC[C@H]1C(=O)O. The van der Waals surface area contributed by atoms with Crippen LogP contribution in [0.4, 0.5) is 0 Å². The minimum atomic E-state index is -1.00. The first-order valence-corrected chi connectivity index (χ1v) is 9.12. The van der Waals surface area contributed by atoms with Gasteiger partial charge in [-0.25, -0.2) is 4.79 Å². The standard InChI is InChI=1S/C18H29NO4/c1-2-14(11-10-13-7-4-3-5-8-13)16(20)17(21)19-12-6-9-15(19)18(22)23/h13-15H,2-12H2,1H3,(H,22,23)/t14?,15-/m0/s1. The van der Waals surface area contributed by atoms with Gasteiger partial charge in [-0.1, -0.05) is 39.0 Å². The van der Waals surface area contributed by atoms with Gasteiger partial charge in [0, 0.05) is 12.5 Å². The summed E-state index contributed by atoms with van der Waals surface area (Å²) in [5.41, 5.74) is 0. The Bertz CT molecular complexity index is 442. The molecule has 5 heteroatoms. The van der Waals surface area contributed by atoms with Crippen molar-refractivity contribution in [2.75, 3.05) is 6.54 Å². The van der Waals surface area contributed by atoms with Crippen LogP contribution in [0.25, 0.3) is 0 Å². The van der Waals surface area contributed by atoms with E-state index < -0.39 is 17.9 Å². The molecule has 1 amide bonds. The van der Waals surface area contributed by atoms with Gasteiger partial charge < -0.3 is 10.0 Å². The summed E-state index contributed by atoms with van der Waals surface area (Å²) in [6.07, 6.45) is 9.90. The summed E-state index contributed by atoms with van der Waals surface area (Å²) in [4.78, 5) is 37.4. The van der Waals surface area contributed by atoms with Gasteiger partial charge in [0.2, 0.25) is 5.78 Å². The number of Topliss-reactive ketones (excluding diaryl/α,β-unsaturated/α-hetero) is 1. The maximum atomic E-state index is 12.5. The van der Waals surface area contributed by atoms with Crippen LogP contribution in [0.5, 0.6) is 0 Å². The fourth-order valence-electron chi connectivity index (χ4n) is 4.02. The number of carboxylic acids is 1. The normalized spacial score (nSPS) is 23.7. The van der Waals surface area contributed by atoms with Crippen molar-refractivity contribution >= 4 is 17.7 Å². The van der Waals surface area contributed by atoms with Crippen LogP contribution in [0.2, 0.25) is 0 Å². The van der Waals surface area contributed by atoms with Crippen LogP contribution in [0.3, 0.4) is 0 Å². The fourth-order valence-corrected chi connectivity index (χ4v) is 4.02. The molecule has 1 heterocycles. The number of hydrogen-bond donors (Lipinski definition) is 1. The zero-order valence-corrected chi connectivity index (χ0v) is 14.1. The number of hydrogen-bond acceptors (Lipinski definition) is 3. The molecule has 0 bridgehead atoms. The number of ketones is 1. The number of carbonyl (C=O) groups excluding carboxylic acids is 2. The molecule has 0 radical (unpaired) electrons. The average molecular weight is 323 g/mol. The predicted molar refractivity (Wildman–Crippen MR) is 87.0 cm³/mol. The van der Waals surface area contributed by atoms with Crippen LogP contribution in [-0.4, -0.2) is 40.3 Å². The quantitative estimate of drug-likeness (QED) is 0.731. The average Bonchev–Trinajstić information content (AvgIpc) is 3.05. The Hall–Kier alpha value is -1.39. The van der Waals surface area contributed by atoms with Gasteiger partial charge >= 0.3 is 5.97 Å². The first-order chi connectivity index (χ1) is 11.0. The summed E-state index contributed by atoms with van der Waals surface area (Å²) in [5.74, 6) is -1.51. The molecule has 23 heavy (non-hydrogen) atoms. The molecule has 1 N–H and O–H groups in total. The van der Waals surface area contributed by atoms with Crippen molar-refractivity contribution in [3.8, 4) is 0 Å². The van der Waals surface area contributed by atoms with Crippen LogP contribution < -0.4 is 0 Å². The molecule has 1 aliphatic carbocycles. The largest absolute Gasteiger partial charge is 0.480 e. The van der Waals surface area contributed by atoms with E-state index in [9.17, 15) is 19.5 Å². The van der Waals surface area contributed by atoms with Gasteiger partial charge in [-0.15, -0.1) is 0 Å². The van der Waals surface area contributed by atoms with Gasteiger partial charge in [-0.05, 0) is 38.0 Å². The van der Waals surface area contributed by atoms with Crippen molar-refractivity contribution in [3.63, 3.8) is 0 Å². The second kappa shape index (κ2) is 8.46. The molecule has 2 aliphatic rings. The molecule has 0 aromatic carbocycles. The van der Waals surface area contributed by atoms with Crippen LogP contribution in [-0.2, 0) is 14.4 Å². The van der Waals surface area contributed by atoms with E-state index in [1.54, 1.807) is 0 Å². The van der Waals surface area contributed by atoms with Crippen LogP contribution in [0, 0.1) is 11.8 Å². The summed E-state index contributed by atoms with van der Waals surface area (Å²) in [6.45, 7) is 2.33. The smallest absolute Gasteiger partial charge is 0.326 e. The second-order valence-electron chi connectivity index (χ2n) is 7.05. The van der Waals surface area contributed by atoms with Crippen molar-refractivity contribution in [3.05, 3.63) is 0 Å². The molecule has 5 nitrogen and oxygen atoms in total. The lowest BCUT2D eigenvalue weighted by atomic mass is 9.82. The highest BCUT2D eigenvalue weighted by atomic mass is 16.4. The van der Waals surface area contributed by atoms with Gasteiger partial charge in [0.25, 0.3) is 5.91 Å². The lowest BCUT2D eigenvalue weighted by Gasteiger charge is -2.25. The third-order valence-electron chi connectivity index (χ3n) is 5.52. The van der Waals surface area contributed by atoms with Gasteiger partial charge in [0.15, 0.2) is 0 Å². The van der Waals surface area contributed by atoms with E-state index >= 15 is 0 Å².